The van der Waals surface area contributed by atoms with Gasteiger partial charge in [-0.25, -0.2) is 4.98 Å². The molecule has 0 aliphatic heterocycles. The monoisotopic (exact) mass is 250 g/mol. The first-order valence-corrected chi connectivity index (χ1v) is 6.24. The van der Waals surface area contributed by atoms with Gasteiger partial charge in [0.05, 0.1) is 5.56 Å². The number of primary amides is 1. The van der Waals surface area contributed by atoms with Crippen LogP contribution in [0.5, 0.6) is 0 Å². The summed E-state index contributed by atoms with van der Waals surface area (Å²) < 4.78 is 0. The first-order chi connectivity index (χ1) is 8.54. The molecular formula is C13H22N4O. The van der Waals surface area contributed by atoms with E-state index < -0.39 is 5.91 Å². The standard InChI is InChI=1S/C13H22N4O/c1-4-10(2)17(3)8-7-15-12-6-5-11(9-16-12)13(14)18/h5-6,9-10H,4,7-8H2,1-3H3,(H2,14,18)(H,15,16). The molecule has 1 atom stereocenters. The van der Waals surface area contributed by atoms with E-state index in [1.165, 1.54) is 6.20 Å². The Balaban J connectivity index is 2.38. The molecule has 0 aliphatic rings. The van der Waals surface area contributed by atoms with Crippen LogP contribution in [0.4, 0.5) is 5.82 Å². The van der Waals surface area contributed by atoms with E-state index in [1.807, 2.05) is 0 Å². The van der Waals surface area contributed by atoms with Gasteiger partial charge in [-0.05, 0) is 32.5 Å². The number of carbonyl (C=O) groups is 1. The number of carbonyl (C=O) groups excluding carboxylic acids is 1. The molecule has 100 valence electrons. The normalized spacial score (nSPS) is 12.4. The third kappa shape index (κ3) is 4.33. The Labute approximate surface area is 108 Å². The summed E-state index contributed by atoms with van der Waals surface area (Å²) in [4.78, 5) is 17.3. The van der Waals surface area contributed by atoms with Crippen molar-refractivity contribution >= 4 is 11.7 Å². The molecule has 1 heterocycles. The highest BCUT2D eigenvalue weighted by Crippen LogP contribution is 2.05. The molecular weight excluding hydrogens is 228 g/mol. The zero-order valence-corrected chi connectivity index (χ0v) is 11.3. The Morgan fingerprint density at radius 3 is 2.78 bits per heavy atom. The molecule has 0 aliphatic carbocycles. The Morgan fingerprint density at radius 1 is 1.56 bits per heavy atom. The van der Waals surface area contributed by atoms with Gasteiger partial charge in [0.25, 0.3) is 0 Å². The van der Waals surface area contributed by atoms with Crippen LogP contribution < -0.4 is 11.1 Å². The van der Waals surface area contributed by atoms with Crippen LogP contribution in [0.15, 0.2) is 18.3 Å². The molecule has 0 radical (unpaired) electrons. The van der Waals surface area contributed by atoms with E-state index in [9.17, 15) is 4.79 Å². The third-order valence-electron chi connectivity index (χ3n) is 3.16. The van der Waals surface area contributed by atoms with Crippen molar-refractivity contribution in [3.8, 4) is 0 Å². The predicted molar refractivity (Wildman–Crippen MR) is 73.6 cm³/mol. The number of nitrogens with two attached hydrogens (primary N) is 1. The fourth-order valence-corrected chi connectivity index (χ4v) is 1.54. The minimum atomic E-state index is -0.453. The number of amides is 1. The van der Waals surface area contributed by atoms with Gasteiger partial charge < -0.3 is 16.0 Å². The van der Waals surface area contributed by atoms with Crippen LogP contribution in [-0.2, 0) is 0 Å². The van der Waals surface area contributed by atoms with Gasteiger partial charge in [-0.1, -0.05) is 6.92 Å². The van der Waals surface area contributed by atoms with Crippen molar-refractivity contribution in [3.05, 3.63) is 23.9 Å². The van der Waals surface area contributed by atoms with Crippen LogP contribution in [-0.4, -0.2) is 42.0 Å². The maximum absolute atomic E-state index is 10.9. The molecule has 18 heavy (non-hydrogen) atoms. The summed E-state index contributed by atoms with van der Waals surface area (Å²) in [5, 5.41) is 3.22. The molecule has 0 saturated heterocycles. The van der Waals surface area contributed by atoms with Gasteiger partial charge in [0.15, 0.2) is 0 Å². The van der Waals surface area contributed by atoms with Crippen LogP contribution >= 0.6 is 0 Å². The maximum atomic E-state index is 10.9. The quantitative estimate of drug-likeness (QED) is 0.765. The minimum absolute atomic E-state index is 0.428. The first kappa shape index (κ1) is 14.4. The predicted octanol–water partition coefficient (Wildman–Crippen LogP) is 1.32. The van der Waals surface area contributed by atoms with Crippen molar-refractivity contribution in [1.82, 2.24) is 9.88 Å². The summed E-state index contributed by atoms with van der Waals surface area (Å²) >= 11 is 0. The highest BCUT2D eigenvalue weighted by atomic mass is 16.1. The van der Waals surface area contributed by atoms with Crippen LogP contribution in [0.25, 0.3) is 0 Å². The van der Waals surface area contributed by atoms with Crippen molar-refractivity contribution < 1.29 is 4.79 Å². The molecule has 0 saturated carbocycles. The molecule has 1 unspecified atom stereocenters. The summed E-state index contributed by atoms with van der Waals surface area (Å²) in [6, 6.07) is 4.02. The molecule has 0 fully saturated rings. The first-order valence-electron chi connectivity index (χ1n) is 6.24. The summed E-state index contributed by atoms with van der Waals surface area (Å²) in [5.74, 6) is 0.308. The Morgan fingerprint density at radius 2 is 2.28 bits per heavy atom. The van der Waals surface area contributed by atoms with E-state index >= 15 is 0 Å². The Kier molecular flexibility index (Phi) is 5.58. The van der Waals surface area contributed by atoms with Crippen molar-refractivity contribution in [2.45, 2.75) is 26.3 Å². The van der Waals surface area contributed by atoms with E-state index in [0.29, 0.717) is 11.6 Å². The number of hydrogen-bond donors (Lipinski definition) is 2. The van der Waals surface area contributed by atoms with Gasteiger partial charge in [0, 0.05) is 25.3 Å². The average Bonchev–Trinajstić information content (AvgIpc) is 2.38. The molecule has 1 aromatic heterocycles. The lowest BCUT2D eigenvalue weighted by atomic mass is 10.2. The summed E-state index contributed by atoms with van der Waals surface area (Å²) in [7, 11) is 2.11. The topological polar surface area (TPSA) is 71.2 Å². The second kappa shape index (κ2) is 6.96. The van der Waals surface area contributed by atoms with Crippen molar-refractivity contribution in [1.29, 1.82) is 0 Å². The number of anilines is 1. The highest BCUT2D eigenvalue weighted by molar-refractivity contribution is 5.92. The maximum Gasteiger partial charge on any atom is 0.250 e. The molecule has 1 rings (SSSR count). The van der Waals surface area contributed by atoms with E-state index in [-0.39, 0.29) is 0 Å². The number of aromatic nitrogens is 1. The number of nitrogens with zero attached hydrogens (tertiary/aromatic N) is 2. The zero-order chi connectivity index (χ0) is 13.5. The second-order valence-electron chi connectivity index (χ2n) is 4.46. The van der Waals surface area contributed by atoms with Gasteiger partial charge in [0.2, 0.25) is 5.91 Å². The molecule has 0 spiro atoms. The second-order valence-corrected chi connectivity index (χ2v) is 4.46. The summed E-state index contributed by atoms with van der Waals surface area (Å²) in [5.41, 5.74) is 5.57. The van der Waals surface area contributed by atoms with Crippen LogP contribution in [0, 0.1) is 0 Å². The Bertz CT molecular complexity index is 377. The zero-order valence-electron chi connectivity index (χ0n) is 11.3. The lowest BCUT2D eigenvalue weighted by Crippen LogP contribution is -2.32. The summed E-state index contributed by atoms with van der Waals surface area (Å²) in [6.07, 6.45) is 2.63. The minimum Gasteiger partial charge on any atom is -0.369 e. The number of pyridine rings is 1. The van der Waals surface area contributed by atoms with Gasteiger partial charge in [-0.2, -0.15) is 0 Å². The van der Waals surface area contributed by atoms with Gasteiger partial charge in [-0.15, -0.1) is 0 Å². The molecule has 0 bridgehead atoms. The molecule has 1 amide bonds. The molecule has 0 aromatic carbocycles. The number of nitrogens with one attached hydrogen (secondary N) is 1. The number of rotatable bonds is 7. The largest absolute Gasteiger partial charge is 0.369 e. The van der Waals surface area contributed by atoms with E-state index in [4.69, 9.17) is 5.73 Å². The molecule has 1 aromatic rings. The van der Waals surface area contributed by atoms with Crippen molar-refractivity contribution in [3.63, 3.8) is 0 Å². The van der Waals surface area contributed by atoms with Crippen LogP contribution in [0.3, 0.4) is 0 Å². The Hall–Kier alpha value is -1.62. The third-order valence-corrected chi connectivity index (χ3v) is 3.16. The van der Waals surface area contributed by atoms with E-state index in [2.05, 4.69) is 36.1 Å². The van der Waals surface area contributed by atoms with Gasteiger partial charge in [-0.3, -0.25) is 4.79 Å². The van der Waals surface area contributed by atoms with Crippen molar-refractivity contribution in [2.75, 3.05) is 25.5 Å². The molecule has 3 N–H and O–H groups in total. The van der Waals surface area contributed by atoms with Gasteiger partial charge in [0.1, 0.15) is 5.82 Å². The smallest absolute Gasteiger partial charge is 0.250 e. The fraction of sp³-hybridized carbons (Fsp3) is 0.538. The van der Waals surface area contributed by atoms with Gasteiger partial charge >= 0.3 is 0 Å². The average molecular weight is 250 g/mol. The molecule has 5 nitrogen and oxygen atoms in total. The lowest BCUT2D eigenvalue weighted by molar-refractivity contribution is 0.1000. The highest BCUT2D eigenvalue weighted by Gasteiger charge is 2.06. The summed E-state index contributed by atoms with van der Waals surface area (Å²) in [6.45, 7) is 6.16. The SMILES string of the molecule is CCC(C)N(C)CCNc1ccc(C(N)=O)cn1. The molecule has 5 heteroatoms. The van der Waals surface area contributed by atoms with Crippen molar-refractivity contribution in [2.24, 2.45) is 5.73 Å². The van der Waals surface area contributed by atoms with Crippen LogP contribution in [0.1, 0.15) is 30.6 Å². The fourth-order valence-electron chi connectivity index (χ4n) is 1.54. The van der Waals surface area contributed by atoms with Crippen LogP contribution in [0.2, 0.25) is 0 Å². The lowest BCUT2D eigenvalue weighted by Gasteiger charge is -2.23. The number of likely N-dealkylation sites (N-methyl/N-ethyl adjacent to an activating group) is 1. The van der Waals surface area contributed by atoms with E-state index in [0.717, 1.165) is 25.3 Å². The van der Waals surface area contributed by atoms with E-state index in [1.54, 1.807) is 12.1 Å². The number of hydrogen-bond acceptors (Lipinski definition) is 4.